The van der Waals surface area contributed by atoms with Gasteiger partial charge >= 0.3 is 21.3 Å². The monoisotopic (exact) mass is 354 g/mol. The van der Waals surface area contributed by atoms with Gasteiger partial charge in [-0.2, -0.15) is 17.2 Å². The Hall–Kier alpha value is -0.830. The number of hydrogen-bond acceptors (Lipinski definition) is 4. The van der Waals surface area contributed by atoms with Crippen molar-refractivity contribution in [3.05, 3.63) is 0 Å². The second-order valence-electron chi connectivity index (χ2n) is 7.41. The number of hydrogen-bond donors (Lipinski definition) is 1. The van der Waals surface area contributed by atoms with Gasteiger partial charge in [0.25, 0.3) is 0 Å². The van der Waals surface area contributed by atoms with Crippen molar-refractivity contribution >= 4 is 16.1 Å². The largest absolute Gasteiger partial charge is 0.465 e. The van der Waals surface area contributed by atoms with E-state index < -0.39 is 46.0 Å². The van der Waals surface area contributed by atoms with Crippen LogP contribution < -0.4 is 0 Å². The lowest BCUT2D eigenvalue weighted by Crippen LogP contribution is -2.87. The first kappa shape index (κ1) is 15.7. The molecule has 4 rings (SSSR count). The predicted octanol–water partition coefficient (Wildman–Crippen LogP) is 2.17. The molecule has 0 bridgehead atoms. The van der Waals surface area contributed by atoms with Crippen molar-refractivity contribution in [3.8, 4) is 0 Å². The molecule has 1 N–H and O–H groups in total. The Balaban J connectivity index is 1.32. The SMILES string of the molecule is O=C(OCCC(F)C(F)(F)S(=O)(=O)O)C12CC3CC4CC(C1)C432. The predicted molar refractivity (Wildman–Crippen MR) is 70.8 cm³/mol. The van der Waals surface area contributed by atoms with Gasteiger partial charge in [0.2, 0.25) is 0 Å². The Morgan fingerprint density at radius 2 is 1.83 bits per heavy atom. The summed E-state index contributed by atoms with van der Waals surface area (Å²) in [4.78, 5) is 12.3. The van der Waals surface area contributed by atoms with Crippen LogP contribution in [0.2, 0.25) is 0 Å². The molecule has 4 saturated carbocycles. The maximum atomic E-state index is 13.3. The zero-order valence-electron chi connectivity index (χ0n) is 12.2. The van der Waals surface area contributed by atoms with E-state index in [4.69, 9.17) is 9.29 Å². The Labute approximate surface area is 131 Å². The molecule has 23 heavy (non-hydrogen) atoms. The summed E-state index contributed by atoms with van der Waals surface area (Å²) in [6.45, 7) is -0.622. The van der Waals surface area contributed by atoms with Gasteiger partial charge in [-0.05, 0) is 48.9 Å². The normalized spacial score (nSPS) is 44.4. The number of rotatable bonds is 6. The number of carbonyl (C=O) groups excluding carboxylic acids is 1. The Morgan fingerprint density at radius 1 is 1.26 bits per heavy atom. The Bertz CT molecular complexity index is 650. The van der Waals surface area contributed by atoms with Gasteiger partial charge in [-0.1, -0.05) is 0 Å². The molecule has 0 radical (unpaired) electrons. The Morgan fingerprint density at radius 3 is 2.26 bits per heavy atom. The van der Waals surface area contributed by atoms with Crippen LogP contribution in [0.4, 0.5) is 13.2 Å². The molecule has 5 nitrogen and oxygen atoms in total. The van der Waals surface area contributed by atoms with E-state index in [0.29, 0.717) is 17.8 Å². The van der Waals surface area contributed by atoms with Gasteiger partial charge in [-0.3, -0.25) is 9.35 Å². The van der Waals surface area contributed by atoms with E-state index in [1.807, 2.05) is 0 Å². The van der Waals surface area contributed by atoms with Gasteiger partial charge in [0.05, 0.1) is 12.0 Å². The summed E-state index contributed by atoms with van der Waals surface area (Å²) < 4.78 is 73.7. The maximum absolute atomic E-state index is 13.3. The zero-order chi connectivity index (χ0) is 16.8. The van der Waals surface area contributed by atoms with E-state index in [0.717, 1.165) is 25.7 Å². The molecular weight excluding hydrogens is 337 g/mol. The highest BCUT2D eigenvalue weighted by atomic mass is 32.2. The van der Waals surface area contributed by atoms with Crippen LogP contribution in [-0.4, -0.2) is 37.0 Å². The number of esters is 1. The van der Waals surface area contributed by atoms with Crippen molar-refractivity contribution in [1.82, 2.24) is 0 Å². The molecule has 0 amide bonds. The van der Waals surface area contributed by atoms with Crippen LogP contribution in [0, 0.1) is 28.6 Å². The number of halogens is 3. The van der Waals surface area contributed by atoms with Crippen molar-refractivity contribution < 1.29 is 35.7 Å². The average molecular weight is 354 g/mol. The minimum Gasteiger partial charge on any atom is -0.465 e. The van der Waals surface area contributed by atoms with Gasteiger partial charge in [0, 0.05) is 6.42 Å². The lowest BCUT2D eigenvalue weighted by molar-refractivity contribution is -0.418. The number of alkyl halides is 3. The van der Waals surface area contributed by atoms with Crippen molar-refractivity contribution in [2.75, 3.05) is 6.61 Å². The molecular formula is C14H17F3O5S. The van der Waals surface area contributed by atoms with Crippen LogP contribution in [-0.2, 0) is 19.6 Å². The van der Waals surface area contributed by atoms with Crippen LogP contribution in [0.3, 0.4) is 0 Å². The number of ether oxygens (including phenoxy) is 1. The van der Waals surface area contributed by atoms with Gasteiger partial charge in [0.15, 0.2) is 6.17 Å². The van der Waals surface area contributed by atoms with E-state index in [1.54, 1.807) is 0 Å². The summed E-state index contributed by atoms with van der Waals surface area (Å²) in [5, 5.41) is -4.90. The molecule has 0 saturated heterocycles. The topological polar surface area (TPSA) is 80.7 Å². The third-order valence-corrected chi connectivity index (χ3v) is 7.83. The fourth-order valence-corrected chi connectivity index (χ4v) is 6.44. The van der Waals surface area contributed by atoms with E-state index in [2.05, 4.69) is 0 Å². The minimum absolute atomic E-state index is 0.0809. The maximum Gasteiger partial charge on any atom is 0.400 e. The van der Waals surface area contributed by atoms with E-state index in [-0.39, 0.29) is 5.41 Å². The van der Waals surface area contributed by atoms with Crippen LogP contribution in [0.5, 0.6) is 0 Å². The fraction of sp³-hybridized carbons (Fsp3) is 0.929. The lowest BCUT2D eigenvalue weighted by atomic mass is 9.13. The molecule has 4 aliphatic carbocycles. The molecule has 0 aliphatic heterocycles. The van der Waals surface area contributed by atoms with Gasteiger partial charge in [-0.15, -0.1) is 0 Å². The summed E-state index contributed by atoms with van der Waals surface area (Å²) in [6.07, 6.45) is -0.266. The number of carbonyl (C=O) groups is 1. The quantitative estimate of drug-likeness (QED) is 0.584. The van der Waals surface area contributed by atoms with Crippen molar-refractivity contribution in [1.29, 1.82) is 0 Å². The summed E-state index contributed by atoms with van der Waals surface area (Å²) >= 11 is 0. The lowest BCUT2D eigenvalue weighted by Gasteiger charge is -2.89. The minimum atomic E-state index is -5.83. The van der Waals surface area contributed by atoms with Crippen LogP contribution in [0.15, 0.2) is 0 Å². The molecule has 9 heteroatoms. The third-order valence-electron chi connectivity index (χ3n) is 6.89. The van der Waals surface area contributed by atoms with E-state index in [1.165, 1.54) is 0 Å². The van der Waals surface area contributed by atoms with E-state index >= 15 is 0 Å². The molecule has 4 fully saturated rings. The third kappa shape index (κ3) is 1.54. The molecule has 0 aromatic rings. The Kier molecular flexibility index (Phi) is 2.88. The van der Waals surface area contributed by atoms with Crippen LogP contribution >= 0.6 is 0 Å². The average Bonchev–Trinajstić information content (AvgIpc) is 2.33. The molecule has 3 unspecified atom stereocenters. The highest BCUT2D eigenvalue weighted by molar-refractivity contribution is 7.86. The van der Waals surface area contributed by atoms with Crippen molar-refractivity contribution in [2.24, 2.45) is 28.6 Å². The van der Waals surface area contributed by atoms with E-state index in [9.17, 15) is 26.4 Å². The molecule has 0 heterocycles. The van der Waals surface area contributed by atoms with Gasteiger partial charge in [-0.25, -0.2) is 4.39 Å². The summed E-state index contributed by atoms with van der Waals surface area (Å²) in [5.41, 5.74) is -0.418. The first-order valence-electron chi connectivity index (χ1n) is 7.73. The summed E-state index contributed by atoms with van der Waals surface area (Å²) in [6, 6.07) is 0. The second kappa shape index (κ2) is 4.22. The molecule has 3 atom stereocenters. The summed E-state index contributed by atoms with van der Waals surface area (Å²) in [7, 11) is -5.83. The van der Waals surface area contributed by atoms with Crippen LogP contribution in [0.1, 0.15) is 32.1 Å². The molecule has 0 aromatic heterocycles. The molecule has 4 aliphatic rings. The fourth-order valence-electron chi connectivity index (χ4n) is 6.00. The van der Waals surface area contributed by atoms with Crippen molar-refractivity contribution in [2.45, 2.75) is 43.5 Å². The smallest absolute Gasteiger partial charge is 0.400 e. The summed E-state index contributed by atoms with van der Waals surface area (Å²) in [5.74, 6) is 1.26. The van der Waals surface area contributed by atoms with Gasteiger partial charge < -0.3 is 4.74 Å². The van der Waals surface area contributed by atoms with Gasteiger partial charge in [0.1, 0.15) is 0 Å². The molecule has 0 aromatic carbocycles. The highest BCUT2D eigenvalue weighted by Crippen LogP contribution is 2.93. The highest BCUT2D eigenvalue weighted by Gasteiger charge is 2.90. The van der Waals surface area contributed by atoms with Crippen LogP contribution in [0.25, 0.3) is 0 Å². The second-order valence-corrected chi connectivity index (χ2v) is 8.91. The molecule has 130 valence electrons. The zero-order valence-corrected chi connectivity index (χ0v) is 13.0. The standard InChI is InChI=1S/C14H17F3O5S/c15-10(14(16,17)23(19,20)21)1-2-22-11(18)12-5-8-3-7-4-9(6-12)13(7,8)12/h7-10H,1-6H2,(H,19,20,21). The van der Waals surface area contributed by atoms with Crippen molar-refractivity contribution in [3.63, 3.8) is 0 Å². The first-order valence-corrected chi connectivity index (χ1v) is 9.17. The molecule has 1 spiro atoms. The first-order chi connectivity index (χ1) is 10.6.